The topological polar surface area (TPSA) is 81.1 Å². The van der Waals surface area contributed by atoms with Gasteiger partial charge in [-0.15, -0.1) is 0 Å². The molecule has 134 valence electrons. The van der Waals surface area contributed by atoms with Gasteiger partial charge in [-0.1, -0.05) is 18.6 Å². The number of hydrogen-bond acceptors (Lipinski definition) is 4. The van der Waals surface area contributed by atoms with E-state index in [1.807, 2.05) is 24.3 Å². The lowest BCUT2D eigenvalue weighted by Gasteiger charge is -2.23. The van der Waals surface area contributed by atoms with Gasteiger partial charge >= 0.3 is 6.03 Å². The van der Waals surface area contributed by atoms with Crippen LogP contribution in [0, 0.1) is 0 Å². The molecule has 7 nitrogen and oxygen atoms in total. The molecule has 1 heterocycles. The van der Waals surface area contributed by atoms with Crippen molar-refractivity contribution in [1.29, 1.82) is 0 Å². The molecule has 0 atom stereocenters. The molecule has 0 unspecified atom stereocenters. The van der Waals surface area contributed by atoms with Crippen LogP contribution in [-0.4, -0.2) is 26.9 Å². The average Bonchev–Trinajstić information content (AvgIpc) is 3.04. The average molecular weight is 343 g/mol. The third kappa shape index (κ3) is 5.20. The van der Waals surface area contributed by atoms with Gasteiger partial charge in [-0.05, 0) is 43.4 Å². The Balaban J connectivity index is 1.45. The SMILES string of the molecule is Cn1ncnc1CNC(=O)NCc1cccc(OC2CCCCC2)c1. The summed E-state index contributed by atoms with van der Waals surface area (Å²) in [7, 11) is 1.79. The molecule has 1 aliphatic rings. The van der Waals surface area contributed by atoms with Gasteiger partial charge in [0.2, 0.25) is 0 Å². The monoisotopic (exact) mass is 343 g/mol. The largest absolute Gasteiger partial charge is 0.490 e. The first-order chi connectivity index (χ1) is 12.2. The van der Waals surface area contributed by atoms with E-state index in [0.717, 1.165) is 24.2 Å². The zero-order chi connectivity index (χ0) is 17.5. The molecule has 2 aromatic rings. The first-order valence-electron chi connectivity index (χ1n) is 8.81. The highest BCUT2D eigenvalue weighted by Gasteiger charge is 2.14. The molecule has 0 spiro atoms. The molecule has 3 rings (SSSR count). The number of ether oxygens (including phenoxy) is 1. The fraction of sp³-hybridized carbons (Fsp3) is 0.500. The van der Waals surface area contributed by atoms with Crippen molar-refractivity contribution in [1.82, 2.24) is 25.4 Å². The Morgan fingerprint density at radius 3 is 2.80 bits per heavy atom. The standard InChI is InChI=1S/C18H25N5O2/c1-23-17(21-13-22-23)12-20-18(24)19-11-14-6-5-9-16(10-14)25-15-7-3-2-4-8-15/h5-6,9-10,13,15H,2-4,7-8,11-12H2,1H3,(H2,19,20,24). The molecule has 0 aliphatic heterocycles. The number of nitrogens with one attached hydrogen (secondary N) is 2. The molecule has 1 saturated carbocycles. The minimum absolute atomic E-state index is 0.235. The molecule has 1 aliphatic carbocycles. The molecule has 25 heavy (non-hydrogen) atoms. The molecule has 2 amide bonds. The van der Waals surface area contributed by atoms with Gasteiger partial charge in [0.25, 0.3) is 0 Å². The van der Waals surface area contributed by atoms with E-state index in [0.29, 0.717) is 25.0 Å². The van der Waals surface area contributed by atoms with Gasteiger partial charge < -0.3 is 15.4 Å². The smallest absolute Gasteiger partial charge is 0.315 e. The summed E-state index contributed by atoms with van der Waals surface area (Å²) >= 11 is 0. The summed E-state index contributed by atoms with van der Waals surface area (Å²) < 4.78 is 7.70. The van der Waals surface area contributed by atoms with Crippen LogP contribution in [0.15, 0.2) is 30.6 Å². The number of carbonyl (C=O) groups is 1. The molecule has 1 fully saturated rings. The lowest BCUT2D eigenvalue weighted by atomic mass is 9.98. The van der Waals surface area contributed by atoms with E-state index in [1.54, 1.807) is 11.7 Å². The van der Waals surface area contributed by atoms with Crippen molar-refractivity contribution in [3.8, 4) is 5.75 Å². The van der Waals surface area contributed by atoms with E-state index in [4.69, 9.17) is 4.74 Å². The summed E-state index contributed by atoms with van der Waals surface area (Å²) in [6.07, 6.45) is 7.86. The van der Waals surface area contributed by atoms with Crippen molar-refractivity contribution in [2.24, 2.45) is 7.05 Å². The molecular formula is C18H25N5O2. The van der Waals surface area contributed by atoms with Crippen LogP contribution in [0.3, 0.4) is 0 Å². The minimum atomic E-state index is -0.235. The van der Waals surface area contributed by atoms with Gasteiger partial charge in [-0.2, -0.15) is 5.10 Å². The van der Waals surface area contributed by atoms with Gasteiger partial charge in [-0.3, -0.25) is 4.68 Å². The van der Waals surface area contributed by atoms with Crippen LogP contribution in [-0.2, 0) is 20.1 Å². The van der Waals surface area contributed by atoms with Crippen LogP contribution in [0.2, 0.25) is 0 Å². The summed E-state index contributed by atoms with van der Waals surface area (Å²) in [4.78, 5) is 16.0. The van der Waals surface area contributed by atoms with Gasteiger partial charge in [-0.25, -0.2) is 9.78 Å². The highest BCUT2D eigenvalue weighted by molar-refractivity contribution is 5.73. The maximum atomic E-state index is 11.9. The third-order valence-electron chi connectivity index (χ3n) is 4.42. The maximum Gasteiger partial charge on any atom is 0.315 e. The van der Waals surface area contributed by atoms with Crippen LogP contribution < -0.4 is 15.4 Å². The second-order valence-corrected chi connectivity index (χ2v) is 6.36. The number of aryl methyl sites for hydroxylation is 1. The van der Waals surface area contributed by atoms with Crippen LogP contribution >= 0.6 is 0 Å². The Labute approximate surface area is 147 Å². The Morgan fingerprint density at radius 1 is 1.24 bits per heavy atom. The molecule has 2 N–H and O–H groups in total. The second kappa shape index (κ2) is 8.50. The fourth-order valence-electron chi connectivity index (χ4n) is 2.99. The highest BCUT2D eigenvalue weighted by Crippen LogP contribution is 2.23. The number of hydrogen-bond donors (Lipinski definition) is 2. The number of amides is 2. The van der Waals surface area contributed by atoms with Gasteiger partial charge in [0.15, 0.2) is 0 Å². The molecule has 7 heteroatoms. The van der Waals surface area contributed by atoms with Crippen LogP contribution in [0.5, 0.6) is 5.75 Å². The predicted molar refractivity (Wildman–Crippen MR) is 94.0 cm³/mol. The normalized spacial score (nSPS) is 14.9. The molecule has 1 aromatic heterocycles. The van der Waals surface area contributed by atoms with E-state index in [9.17, 15) is 4.79 Å². The van der Waals surface area contributed by atoms with Crippen molar-refractivity contribution in [3.05, 3.63) is 42.0 Å². The molecule has 0 radical (unpaired) electrons. The first kappa shape index (κ1) is 17.3. The van der Waals surface area contributed by atoms with Gasteiger partial charge in [0.1, 0.15) is 17.9 Å². The maximum absolute atomic E-state index is 11.9. The summed E-state index contributed by atoms with van der Waals surface area (Å²) in [5.41, 5.74) is 1.02. The van der Waals surface area contributed by atoms with Crippen molar-refractivity contribution in [3.63, 3.8) is 0 Å². The highest BCUT2D eigenvalue weighted by atomic mass is 16.5. The van der Waals surface area contributed by atoms with Crippen molar-refractivity contribution in [2.75, 3.05) is 0 Å². The van der Waals surface area contributed by atoms with Crippen LogP contribution in [0.4, 0.5) is 4.79 Å². The van der Waals surface area contributed by atoms with E-state index in [2.05, 4.69) is 20.7 Å². The molecule has 0 saturated heterocycles. The number of rotatable bonds is 6. The third-order valence-corrected chi connectivity index (χ3v) is 4.42. The van der Waals surface area contributed by atoms with Gasteiger partial charge in [0, 0.05) is 13.6 Å². The molecule has 0 bridgehead atoms. The van der Waals surface area contributed by atoms with Crippen molar-refractivity contribution >= 4 is 6.03 Å². The molecule has 1 aromatic carbocycles. The lowest BCUT2D eigenvalue weighted by Crippen LogP contribution is -2.35. The van der Waals surface area contributed by atoms with E-state index >= 15 is 0 Å². The predicted octanol–water partition coefficient (Wildman–Crippen LogP) is 2.53. The quantitative estimate of drug-likeness (QED) is 0.844. The summed E-state index contributed by atoms with van der Waals surface area (Å²) in [5.74, 6) is 1.59. The Kier molecular flexibility index (Phi) is 5.87. The Morgan fingerprint density at radius 2 is 2.04 bits per heavy atom. The Bertz CT molecular complexity index is 694. The summed E-state index contributed by atoms with van der Waals surface area (Å²) in [5, 5.41) is 9.59. The van der Waals surface area contributed by atoms with Crippen LogP contribution in [0.1, 0.15) is 43.5 Å². The number of carbonyl (C=O) groups excluding carboxylic acids is 1. The van der Waals surface area contributed by atoms with E-state index in [-0.39, 0.29) is 6.03 Å². The minimum Gasteiger partial charge on any atom is -0.490 e. The van der Waals surface area contributed by atoms with E-state index in [1.165, 1.54) is 25.6 Å². The second-order valence-electron chi connectivity index (χ2n) is 6.36. The van der Waals surface area contributed by atoms with Crippen LogP contribution in [0.25, 0.3) is 0 Å². The van der Waals surface area contributed by atoms with Crippen molar-refractivity contribution in [2.45, 2.75) is 51.3 Å². The number of benzene rings is 1. The number of urea groups is 1. The van der Waals surface area contributed by atoms with E-state index < -0.39 is 0 Å². The molecular weight excluding hydrogens is 318 g/mol. The lowest BCUT2D eigenvalue weighted by molar-refractivity contribution is 0.155. The zero-order valence-electron chi connectivity index (χ0n) is 14.6. The summed E-state index contributed by atoms with van der Waals surface area (Å²) in [6.45, 7) is 0.791. The Hall–Kier alpha value is -2.57. The fourth-order valence-corrected chi connectivity index (χ4v) is 2.99. The van der Waals surface area contributed by atoms with Crippen molar-refractivity contribution < 1.29 is 9.53 Å². The zero-order valence-corrected chi connectivity index (χ0v) is 14.6. The number of nitrogens with zero attached hydrogens (tertiary/aromatic N) is 3. The van der Waals surface area contributed by atoms with Gasteiger partial charge in [0.05, 0.1) is 12.6 Å². The summed E-state index contributed by atoms with van der Waals surface area (Å²) in [6, 6.07) is 7.69. The first-order valence-corrected chi connectivity index (χ1v) is 8.81. The number of aromatic nitrogens is 3.